The predicted molar refractivity (Wildman–Crippen MR) is 112 cm³/mol. The molecule has 2 aromatic heterocycles. The van der Waals surface area contributed by atoms with Gasteiger partial charge in [0.2, 0.25) is 11.8 Å². The lowest BCUT2D eigenvalue weighted by Gasteiger charge is -2.27. The second kappa shape index (κ2) is 7.70. The number of rotatable bonds is 5. The SMILES string of the molecule is NC(=O)c1csc(Cn2cc(-c3ccc4c(c3)C(=O)N(C3CCC(=O)NC3=O)C4=O)nn2)n1. The number of hydrogen-bond acceptors (Lipinski definition) is 9. The average Bonchev–Trinajstić information content (AvgIpc) is 3.49. The maximum absolute atomic E-state index is 13.0. The summed E-state index contributed by atoms with van der Waals surface area (Å²) in [6.07, 6.45) is 1.79. The fourth-order valence-corrected chi connectivity index (χ4v) is 4.55. The fourth-order valence-electron chi connectivity index (χ4n) is 3.77. The molecule has 33 heavy (non-hydrogen) atoms. The van der Waals surface area contributed by atoms with Gasteiger partial charge in [0.05, 0.1) is 23.9 Å². The van der Waals surface area contributed by atoms with Crippen molar-refractivity contribution >= 4 is 40.9 Å². The second-order valence-corrected chi connectivity index (χ2v) is 8.44. The standard InChI is InChI=1S/C20H15N7O5S/c21-17(29)13-8-33-16(22-13)7-26-6-12(24-25-26)9-1-2-10-11(5-9)20(32)27(19(10)31)14-3-4-15(28)23-18(14)30/h1-2,5-6,8,14H,3-4,7H2,(H2,21,29)(H,23,28,30). The van der Waals surface area contributed by atoms with Gasteiger partial charge in [0.1, 0.15) is 22.4 Å². The molecule has 166 valence electrons. The monoisotopic (exact) mass is 465 g/mol. The summed E-state index contributed by atoms with van der Waals surface area (Å²) in [6, 6.07) is 3.66. The molecule has 0 radical (unpaired) electrons. The molecule has 1 atom stereocenters. The van der Waals surface area contributed by atoms with Crippen molar-refractivity contribution in [1.82, 2.24) is 30.2 Å². The summed E-state index contributed by atoms with van der Waals surface area (Å²) in [4.78, 5) is 65.6. The number of fused-ring (bicyclic) bond motifs is 1. The third-order valence-corrected chi connectivity index (χ3v) is 6.21. The van der Waals surface area contributed by atoms with Crippen molar-refractivity contribution in [3.8, 4) is 11.3 Å². The Labute approximate surface area is 189 Å². The highest BCUT2D eigenvalue weighted by atomic mass is 32.1. The molecule has 1 saturated heterocycles. The van der Waals surface area contributed by atoms with E-state index in [1.807, 2.05) is 0 Å². The van der Waals surface area contributed by atoms with E-state index in [2.05, 4.69) is 20.6 Å². The van der Waals surface area contributed by atoms with Crippen molar-refractivity contribution in [1.29, 1.82) is 0 Å². The van der Waals surface area contributed by atoms with Crippen molar-refractivity contribution < 1.29 is 24.0 Å². The van der Waals surface area contributed by atoms with Crippen molar-refractivity contribution in [3.63, 3.8) is 0 Å². The molecule has 5 amide bonds. The highest BCUT2D eigenvalue weighted by molar-refractivity contribution is 7.09. The van der Waals surface area contributed by atoms with E-state index in [9.17, 15) is 24.0 Å². The number of piperidine rings is 1. The van der Waals surface area contributed by atoms with Crippen LogP contribution in [0.5, 0.6) is 0 Å². The van der Waals surface area contributed by atoms with Crippen LogP contribution in [0.4, 0.5) is 0 Å². The molecule has 12 nitrogen and oxygen atoms in total. The maximum atomic E-state index is 13.0. The zero-order valence-corrected chi connectivity index (χ0v) is 17.7. The van der Waals surface area contributed by atoms with Crippen LogP contribution in [0.2, 0.25) is 0 Å². The van der Waals surface area contributed by atoms with Gasteiger partial charge >= 0.3 is 0 Å². The Morgan fingerprint density at radius 1 is 1.18 bits per heavy atom. The van der Waals surface area contributed by atoms with Crippen molar-refractivity contribution in [2.24, 2.45) is 5.73 Å². The first-order valence-electron chi connectivity index (χ1n) is 9.82. The first-order valence-corrected chi connectivity index (χ1v) is 10.7. The maximum Gasteiger partial charge on any atom is 0.268 e. The molecule has 1 fully saturated rings. The van der Waals surface area contributed by atoms with E-state index in [1.54, 1.807) is 17.6 Å². The Kier molecular flexibility index (Phi) is 4.82. The van der Waals surface area contributed by atoms with E-state index >= 15 is 0 Å². The number of nitrogens with two attached hydrogens (primary N) is 1. The van der Waals surface area contributed by atoms with Crippen LogP contribution in [0.3, 0.4) is 0 Å². The number of nitrogens with zero attached hydrogens (tertiary/aromatic N) is 5. The number of benzene rings is 1. The van der Waals surface area contributed by atoms with Crippen LogP contribution < -0.4 is 11.1 Å². The topological polar surface area (TPSA) is 170 Å². The molecule has 3 aromatic rings. The summed E-state index contributed by atoms with van der Waals surface area (Å²) in [5.74, 6) is -2.87. The van der Waals surface area contributed by atoms with Crippen LogP contribution in [-0.2, 0) is 16.1 Å². The van der Waals surface area contributed by atoms with E-state index in [0.29, 0.717) is 16.3 Å². The molecule has 5 rings (SSSR count). The largest absolute Gasteiger partial charge is 0.364 e. The first-order chi connectivity index (χ1) is 15.8. The van der Waals surface area contributed by atoms with Gasteiger partial charge in [-0.05, 0) is 18.6 Å². The Hall–Kier alpha value is -4.26. The second-order valence-electron chi connectivity index (χ2n) is 7.50. The summed E-state index contributed by atoms with van der Waals surface area (Å²) in [5, 5.41) is 12.5. The van der Waals surface area contributed by atoms with Crippen molar-refractivity contribution in [2.45, 2.75) is 25.4 Å². The number of amides is 5. The van der Waals surface area contributed by atoms with Gasteiger partial charge in [-0.2, -0.15) is 0 Å². The van der Waals surface area contributed by atoms with Crippen LogP contribution in [-0.4, -0.2) is 60.5 Å². The molecule has 1 aromatic carbocycles. The van der Waals surface area contributed by atoms with E-state index < -0.39 is 35.6 Å². The summed E-state index contributed by atoms with van der Waals surface area (Å²) < 4.78 is 1.52. The molecule has 0 saturated carbocycles. The number of hydrogen-bond donors (Lipinski definition) is 2. The molecule has 0 aliphatic carbocycles. The van der Waals surface area contributed by atoms with E-state index in [0.717, 1.165) is 4.90 Å². The number of primary amides is 1. The molecule has 3 N–H and O–H groups in total. The van der Waals surface area contributed by atoms with Gasteiger partial charge in [-0.15, -0.1) is 16.4 Å². The van der Waals surface area contributed by atoms with E-state index in [4.69, 9.17) is 5.73 Å². The van der Waals surface area contributed by atoms with Gasteiger partial charge in [0.15, 0.2) is 0 Å². The van der Waals surface area contributed by atoms with Gasteiger partial charge < -0.3 is 5.73 Å². The van der Waals surface area contributed by atoms with Crippen molar-refractivity contribution in [2.75, 3.05) is 0 Å². The Bertz CT molecular complexity index is 1360. The molecular weight excluding hydrogens is 450 g/mol. The Balaban J connectivity index is 1.38. The Morgan fingerprint density at radius 2 is 1.97 bits per heavy atom. The van der Waals surface area contributed by atoms with Crippen LogP contribution in [0.1, 0.15) is 49.1 Å². The summed E-state index contributed by atoms with van der Waals surface area (Å²) in [6.45, 7) is 0.274. The first kappa shape index (κ1) is 20.6. The number of imide groups is 2. The van der Waals surface area contributed by atoms with Gasteiger partial charge in [0.25, 0.3) is 17.7 Å². The minimum atomic E-state index is -1.02. The molecule has 1 unspecified atom stereocenters. The molecule has 0 bridgehead atoms. The summed E-state index contributed by atoms with van der Waals surface area (Å²) in [7, 11) is 0. The number of carbonyl (C=O) groups is 5. The van der Waals surface area contributed by atoms with E-state index in [1.165, 1.54) is 28.2 Å². The lowest BCUT2D eigenvalue weighted by Crippen LogP contribution is -2.54. The third kappa shape index (κ3) is 3.57. The van der Waals surface area contributed by atoms with Crippen LogP contribution in [0, 0.1) is 0 Å². The smallest absolute Gasteiger partial charge is 0.268 e. The Morgan fingerprint density at radius 3 is 2.70 bits per heavy atom. The molecule has 4 heterocycles. The number of nitrogens with one attached hydrogen (secondary N) is 1. The highest BCUT2D eigenvalue weighted by Crippen LogP contribution is 2.30. The lowest BCUT2D eigenvalue weighted by molar-refractivity contribution is -0.136. The molecule has 0 spiro atoms. The minimum Gasteiger partial charge on any atom is -0.364 e. The molecule has 2 aliphatic heterocycles. The average molecular weight is 465 g/mol. The zero-order chi connectivity index (χ0) is 23.3. The summed E-state index contributed by atoms with van der Waals surface area (Å²) in [5.41, 5.74) is 6.75. The number of thiazole rings is 1. The van der Waals surface area contributed by atoms with Crippen LogP contribution >= 0.6 is 11.3 Å². The number of aromatic nitrogens is 4. The van der Waals surface area contributed by atoms with E-state index in [-0.39, 0.29) is 36.2 Å². The van der Waals surface area contributed by atoms with Gasteiger partial charge in [-0.3, -0.25) is 34.2 Å². The van der Waals surface area contributed by atoms with Crippen molar-refractivity contribution in [3.05, 3.63) is 51.6 Å². The highest BCUT2D eigenvalue weighted by Gasteiger charge is 2.44. The van der Waals surface area contributed by atoms with Gasteiger partial charge in [-0.25, -0.2) is 9.67 Å². The minimum absolute atomic E-state index is 0.0538. The van der Waals surface area contributed by atoms with Gasteiger partial charge in [0, 0.05) is 17.4 Å². The normalized spacial score (nSPS) is 17.9. The molecule has 13 heteroatoms. The third-order valence-electron chi connectivity index (χ3n) is 5.38. The van der Waals surface area contributed by atoms with Crippen LogP contribution in [0.25, 0.3) is 11.3 Å². The van der Waals surface area contributed by atoms with Gasteiger partial charge in [-0.1, -0.05) is 11.3 Å². The number of carbonyl (C=O) groups excluding carboxylic acids is 5. The lowest BCUT2D eigenvalue weighted by atomic mass is 10.0. The summed E-state index contributed by atoms with van der Waals surface area (Å²) >= 11 is 1.27. The zero-order valence-electron chi connectivity index (χ0n) is 16.8. The quantitative estimate of drug-likeness (QED) is 0.494. The predicted octanol–water partition coefficient (Wildman–Crippen LogP) is -0.0500. The fraction of sp³-hybridized carbons (Fsp3) is 0.200. The van der Waals surface area contributed by atoms with Crippen LogP contribution in [0.15, 0.2) is 29.8 Å². The molecule has 2 aliphatic rings. The molecular formula is C20H15N7O5S.